The molecule has 0 spiro atoms. The molecule has 1 aromatic carbocycles. The molecule has 1 aromatic heterocycles. The summed E-state index contributed by atoms with van der Waals surface area (Å²) in [6.07, 6.45) is 6.86. The minimum Gasteiger partial charge on any atom is -0.339 e. The van der Waals surface area contributed by atoms with Gasteiger partial charge in [-0.3, -0.25) is 4.79 Å². The van der Waals surface area contributed by atoms with Crippen LogP contribution in [0.25, 0.3) is 0 Å². The molecule has 0 aliphatic heterocycles. The lowest BCUT2D eigenvalue weighted by Gasteiger charge is -2.33. The molecule has 1 amide bonds. The van der Waals surface area contributed by atoms with Crippen molar-refractivity contribution in [2.45, 2.75) is 70.1 Å². The van der Waals surface area contributed by atoms with Crippen LogP contribution in [0, 0.1) is 0 Å². The largest absolute Gasteiger partial charge is 0.339 e. The highest BCUT2D eigenvalue weighted by Crippen LogP contribution is 2.24. The summed E-state index contributed by atoms with van der Waals surface area (Å²) in [6, 6.07) is 10.7. The van der Waals surface area contributed by atoms with Gasteiger partial charge in [0.05, 0.1) is 5.75 Å². The van der Waals surface area contributed by atoms with E-state index in [-0.39, 0.29) is 5.91 Å². The average Bonchev–Trinajstić information content (AvgIpc) is 3.10. The van der Waals surface area contributed by atoms with Crippen LogP contribution in [0.1, 0.15) is 57.3 Å². The predicted molar refractivity (Wildman–Crippen MR) is 110 cm³/mol. The van der Waals surface area contributed by atoms with Crippen molar-refractivity contribution in [1.29, 1.82) is 0 Å². The van der Waals surface area contributed by atoms with E-state index in [1.165, 1.54) is 36.6 Å². The highest BCUT2D eigenvalue weighted by Gasteiger charge is 2.24. The van der Waals surface area contributed by atoms with Crippen molar-refractivity contribution < 1.29 is 4.79 Å². The number of rotatable bonds is 8. The van der Waals surface area contributed by atoms with Gasteiger partial charge in [-0.25, -0.2) is 0 Å². The number of aromatic nitrogens is 3. The van der Waals surface area contributed by atoms with E-state index in [0.29, 0.717) is 11.8 Å². The number of benzene rings is 1. The lowest BCUT2D eigenvalue weighted by molar-refractivity contribution is -0.131. The molecule has 0 N–H and O–H groups in total. The number of carbonyl (C=O) groups is 1. The van der Waals surface area contributed by atoms with Crippen LogP contribution in [-0.4, -0.2) is 43.9 Å². The van der Waals surface area contributed by atoms with Crippen LogP contribution >= 0.6 is 11.8 Å². The standard InChI is InChI=1S/C21H30N4OS/c1-3-24(18-13-9-6-10-14-18)20(26)16-27-21-23-22-19(25(21)4-2)15-17-11-7-5-8-12-17/h5,7-8,11-12,18H,3-4,6,9-10,13-16H2,1-2H3. The van der Waals surface area contributed by atoms with Gasteiger partial charge in [0.15, 0.2) is 5.16 Å². The monoisotopic (exact) mass is 386 g/mol. The molecule has 0 bridgehead atoms. The second-order valence-electron chi connectivity index (χ2n) is 7.07. The Bertz CT molecular complexity index is 725. The van der Waals surface area contributed by atoms with E-state index >= 15 is 0 Å². The van der Waals surface area contributed by atoms with Crippen molar-refractivity contribution in [2.24, 2.45) is 0 Å². The fourth-order valence-corrected chi connectivity index (χ4v) is 4.80. The summed E-state index contributed by atoms with van der Waals surface area (Å²) in [5, 5.41) is 9.58. The van der Waals surface area contributed by atoms with Gasteiger partial charge in [-0.15, -0.1) is 10.2 Å². The molecule has 27 heavy (non-hydrogen) atoms. The van der Waals surface area contributed by atoms with Gasteiger partial charge < -0.3 is 9.47 Å². The minimum atomic E-state index is 0.227. The van der Waals surface area contributed by atoms with E-state index < -0.39 is 0 Å². The molecule has 1 aliphatic rings. The average molecular weight is 387 g/mol. The second kappa shape index (κ2) is 9.93. The Morgan fingerprint density at radius 3 is 2.56 bits per heavy atom. The molecule has 0 atom stereocenters. The first-order valence-electron chi connectivity index (χ1n) is 10.1. The van der Waals surface area contributed by atoms with Crippen LogP contribution < -0.4 is 0 Å². The Morgan fingerprint density at radius 2 is 1.89 bits per heavy atom. The fraction of sp³-hybridized carbons (Fsp3) is 0.571. The summed E-state index contributed by atoms with van der Waals surface area (Å²) in [7, 11) is 0. The number of hydrogen-bond donors (Lipinski definition) is 0. The van der Waals surface area contributed by atoms with E-state index in [9.17, 15) is 4.79 Å². The molecule has 3 rings (SSSR count). The third-order valence-corrected chi connectivity index (χ3v) is 6.27. The SMILES string of the molecule is CCN(C(=O)CSc1nnc(Cc2ccccc2)n1CC)C1CCCCC1. The van der Waals surface area contributed by atoms with Crippen LogP contribution in [0.2, 0.25) is 0 Å². The van der Waals surface area contributed by atoms with Gasteiger partial charge in [-0.1, -0.05) is 61.4 Å². The smallest absolute Gasteiger partial charge is 0.233 e. The normalized spacial score (nSPS) is 15.0. The van der Waals surface area contributed by atoms with Crippen molar-refractivity contribution in [3.8, 4) is 0 Å². The summed E-state index contributed by atoms with van der Waals surface area (Å²) < 4.78 is 2.13. The molecule has 0 unspecified atom stereocenters. The van der Waals surface area contributed by atoms with Crippen LogP contribution in [0.4, 0.5) is 0 Å². The van der Waals surface area contributed by atoms with Crippen molar-refractivity contribution in [3.63, 3.8) is 0 Å². The Kier molecular flexibility index (Phi) is 7.33. The number of nitrogens with zero attached hydrogens (tertiary/aromatic N) is 4. The van der Waals surface area contributed by atoms with Crippen LogP contribution in [-0.2, 0) is 17.8 Å². The van der Waals surface area contributed by atoms with Gasteiger partial charge in [0.2, 0.25) is 5.91 Å². The first kappa shape index (κ1) is 19.9. The highest BCUT2D eigenvalue weighted by molar-refractivity contribution is 7.99. The van der Waals surface area contributed by atoms with Gasteiger partial charge in [0, 0.05) is 25.6 Å². The van der Waals surface area contributed by atoms with Crippen molar-refractivity contribution in [3.05, 3.63) is 41.7 Å². The molecule has 1 saturated carbocycles. The van der Waals surface area contributed by atoms with Crippen LogP contribution in [0.3, 0.4) is 0 Å². The third-order valence-electron chi connectivity index (χ3n) is 5.32. The van der Waals surface area contributed by atoms with Crippen LogP contribution in [0.5, 0.6) is 0 Å². The predicted octanol–water partition coefficient (Wildman–Crippen LogP) is 4.16. The number of hydrogen-bond acceptors (Lipinski definition) is 4. The zero-order chi connectivity index (χ0) is 19.1. The maximum absolute atomic E-state index is 12.8. The summed E-state index contributed by atoms with van der Waals surface area (Å²) in [4.78, 5) is 14.9. The lowest BCUT2D eigenvalue weighted by Crippen LogP contribution is -2.42. The second-order valence-corrected chi connectivity index (χ2v) is 8.01. The summed E-state index contributed by atoms with van der Waals surface area (Å²) in [5.74, 6) is 1.62. The number of carbonyl (C=O) groups excluding carboxylic acids is 1. The zero-order valence-corrected chi connectivity index (χ0v) is 17.2. The Balaban J connectivity index is 1.62. The van der Waals surface area contributed by atoms with E-state index in [1.54, 1.807) is 0 Å². The lowest BCUT2D eigenvalue weighted by atomic mass is 9.94. The van der Waals surface area contributed by atoms with Crippen molar-refractivity contribution >= 4 is 17.7 Å². The van der Waals surface area contributed by atoms with E-state index in [1.807, 2.05) is 18.2 Å². The molecule has 0 radical (unpaired) electrons. The van der Waals surface area contributed by atoms with Gasteiger partial charge in [-0.05, 0) is 32.3 Å². The molecule has 146 valence electrons. The molecule has 2 aromatic rings. The minimum absolute atomic E-state index is 0.227. The van der Waals surface area contributed by atoms with E-state index in [4.69, 9.17) is 0 Å². The van der Waals surface area contributed by atoms with E-state index in [2.05, 4.69) is 45.6 Å². The fourth-order valence-electron chi connectivity index (χ4n) is 3.89. The molecule has 0 saturated heterocycles. The molecule has 5 nitrogen and oxygen atoms in total. The zero-order valence-electron chi connectivity index (χ0n) is 16.4. The van der Waals surface area contributed by atoms with Gasteiger partial charge >= 0.3 is 0 Å². The number of amides is 1. The maximum atomic E-state index is 12.8. The van der Waals surface area contributed by atoms with E-state index in [0.717, 1.165) is 43.3 Å². The summed E-state index contributed by atoms with van der Waals surface area (Å²) >= 11 is 1.52. The van der Waals surface area contributed by atoms with Gasteiger partial charge in [0.25, 0.3) is 0 Å². The summed E-state index contributed by atoms with van der Waals surface area (Å²) in [5.41, 5.74) is 1.22. The molecule has 1 fully saturated rings. The molecule has 6 heteroatoms. The molecular formula is C21H30N4OS. The molecule has 1 aliphatic carbocycles. The summed E-state index contributed by atoms with van der Waals surface area (Å²) in [6.45, 7) is 5.80. The van der Waals surface area contributed by atoms with Gasteiger partial charge in [-0.2, -0.15) is 0 Å². The Labute approximate surface area is 166 Å². The highest BCUT2D eigenvalue weighted by atomic mass is 32.2. The van der Waals surface area contributed by atoms with Crippen LogP contribution in [0.15, 0.2) is 35.5 Å². The molecule has 1 heterocycles. The van der Waals surface area contributed by atoms with Crippen molar-refractivity contribution in [2.75, 3.05) is 12.3 Å². The Morgan fingerprint density at radius 1 is 1.15 bits per heavy atom. The molecular weight excluding hydrogens is 356 g/mol. The topological polar surface area (TPSA) is 51.0 Å². The Hall–Kier alpha value is -1.82. The van der Waals surface area contributed by atoms with Crippen molar-refractivity contribution in [1.82, 2.24) is 19.7 Å². The third kappa shape index (κ3) is 5.12. The quantitative estimate of drug-likeness (QED) is 0.639. The first-order chi connectivity index (χ1) is 13.2. The maximum Gasteiger partial charge on any atom is 0.233 e. The van der Waals surface area contributed by atoms with Gasteiger partial charge in [0.1, 0.15) is 5.82 Å². The number of thioether (sulfide) groups is 1. The first-order valence-corrected chi connectivity index (χ1v) is 11.1.